The summed E-state index contributed by atoms with van der Waals surface area (Å²) in [5, 5.41) is 2.99. The number of hydrazine groups is 1. The first kappa shape index (κ1) is 25.1. The minimum atomic E-state index is -0.138. The molecule has 1 aliphatic rings. The van der Waals surface area contributed by atoms with Crippen molar-refractivity contribution in [3.8, 4) is 0 Å². The van der Waals surface area contributed by atoms with E-state index in [9.17, 15) is 4.79 Å². The fourth-order valence-corrected chi connectivity index (χ4v) is 4.77. The van der Waals surface area contributed by atoms with Crippen LogP contribution in [0.15, 0.2) is 102 Å². The van der Waals surface area contributed by atoms with Gasteiger partial charge in [-0.1, -0.05) is 30.3 Å². The monoisotopic (exact) mass is 503 g/mol. The molecule has 4 aromatic carbocycles. The molecule has 1 heterocycles. The Morgan fingerprint density at radius 1 is 0.789 bits per heavy atom. The molecule has 0 aliphatic carbocycles. The Morgan fingerprint density at radius 3 is 2.00 bits per heavy atom. The van der Waals surface area contributed by atoms with Gasteiger partial charge in [-0.2, -0.15) is 0 Å². The van der Waals surface area contributed by atoms with Gasteiger partial charge in [-0.3, -0.25) is 9.79 Å². The van der Waals surface area contributed by atoms with E-state index < -0.39 is 0 Å². The molecule has 5 rings (SSSR count). The van der Waals surface area contributed by atoms with Crippen LogP contribution in [-0.2, 0) is 11.8 Å². The number of nitrogens with one attached hydrogen (secondary N) is 3. The third-order valence-corrected chi connectivity index (χ3v) is 7.24. The highest BCUT2D eigenvalue weighted by Gasteiger charge is 2.36. The van der Waals surface area contributed by atoms with Gasteiger partial charge in [0.15, 0.2) is 0 Å². The van der Waals surface area contributed by atoms with Crippen LogP contribution < -0.4 is 21.1 Å². The predicted octanol–water partition coefficient (Wildman–Crippen LogP) is 7.05. The molecule has 0 saturated carbocycles. The molecular formula is C32H33N5O. The van der Waals surface area contributed by atoms with Crippen LogP contribution in [0.25, 0.3) is 0 Å². The van der Waals surface area contributed by atoms with E-state index in [0.29, 0.717) is 5.56 Å². The van der Waals surface area contributed by atoms with Crippen molar-refractivity contribution in [2.45, 2.75) is 25.7 Å². The summed E-state index contributed by atoms with van der Waals surface area (Å²) in [6.07, 6.45) is 0.837. The molecule has 1 amide bonds. The molecule has 4 aromatic rings. The zero-order valence-corrected chi connectivity index (χ0v) is 22.2. The molecule has 1 atom stereocenters. The molecule has 0 bridgehead atoms. The zero-order valence-electron chi connectivity index (χ0n) is 22.2. The van der Waals surface area contributed by atoms with E-state index in [0.717, 1.165) is 40.6 Å². The molecule has 1 unspecified atom stereocenters. The maximum atomic E-state index is 12.9. The smallest absolute Gasteiger partial charge is 0.255 e. The Balaban J connectivity index is 1.17. The number of aliphatic imine (C=N–C) groups is 1. The van der Waals surface area contributed by atoms with Crippen molar-refractivity contribution in [3.05, 3.63) is 114 Å². The van der Waals surface area contributed by atoms with E-state index in [4.69, 9.17) is 4.99 Å². The maximum Gasteiger partial charge on any atom is 0.255 e. The van der Waals surface area contributed by atoms with Gasteiger partial charge in [0.1, 0.15) is 0 Å². The van der Waals surface area contributed by atoms with Crippen molar-refractivity contribution < 1.29 is 4.79 Å². The fraction of sp³-hybridized carbons (Fsp3) is 0.188. The number of fused-ring (bicyclic) bond motifs is 1. The van der Waals surface area contributed by atoms with Crippen LogP contribution in [0, 0.1) is 0 Å². The molecule has 3 N–H and O–H groups in total. The highest BCUT2D eigenvalue weighted by atomic mass is 16.1. The van der Waals surface area contributed by atoms with E-state index in [1.165, 1.54) is 11.1 Å². The number of anilines is 4. The summed E-state index contributed by atoms with van der Waals surface area (Å²) in [5.74, 6) is -0.133. The minimum Gasteiger partial charge on any atom is -0.378 e. The Hall–Kier alpha value is -4.58. The predicted molar refractivity (Wildman–Crippen MR) is 159 cm³/mol. The number of hydrogen-bond acceptors (Lipinski definition) is 5. The van der Waals surface area contributed by atoms with Crippen molar-refractivity contribution in [1.29, 1.82) is 0 Å². The SMILES string of the molecule is CC1=Nc2ccccc2C1(C)Cc1ccc(C(=O)Nc2ccc(NNc3ccc(N(C)C)cc3)cc2)cc1. The first-order valence-corrected chi connectivity index (χ1v) is 12.8. The van der Waals surface area contributed by atoms with E-state index in [1.807, 2.05) is 80.8 Å². The van der Waals surface area contributed by atoms with Crippen molar-refractivity contribution in [2.24, 2.45) is 4.99 Å². The van der Waals surface area contributed by atoms with Gasteiger partial charge < -0.3 is 21.1 Å². The Bertz CT molecular complexity index is 1460. The van der Waals surface area contributed by atoms with Gasteiger partial charge >= 0.3 is 0 Å². The first-order chi connectivity index (χ1) is 18.3. The molecule has 1 aliphatic heterocycles. The highest BCUT2D eigenvalue weighted by Crippen LogP contribution is 2.42. The molecule has 6 nitrogen and oxygen atoms in total. The number of rotatable bonds is 8. The summed E-state index contributed by atoms with van der Waals surface area (Å²) in [7, 11) is 4.03. The Morgan fingerprint density at radius 2 is 1.37 bits per heavy atom. The normalized spacial score (nSPS) is 15.8. The molecule has 0 aromatic heterocycles. The van der Waals surface area contributed by atoms with Gasteiger partial charge in [-0.15, -0.1) is 0 Å². The summed E-state index contributed by atoms with van der Waals surface area (Å²) in [6.45, 7) is 4.34. The number of hydrogen-bond donors (Lipinski definition) is 3. The molecule has 38 heavy (non-hydrogen) atoms. The summed E-state index contributed by atoms with van der Waals surface area (Å²) < 4.78 is 0. The third kappa shape index (κ3) is 5.25. The van der Waals surface area contributed by atoms with Gasteiger partial charge in [-0.25, -0.2) is 0 Å². The standard InChI is InChI=1S/C32H33N5O/c1-22-32(2,29-7-5-6-8-30(29)33-22)21-23-9-11-24(12-10-23)31(38)34-25-13-15-26(16-14-25)35-36-27-17-19-28(20-18-27)37(3)4/h5-20,35-36H,21H2,1-4H3,(H,34,38). The average Bonchev–Trinajstić information content (AvgIpc) is 3.18. The molecule has 0 spiro atoms. The summed E-state index contributed by atoms with van der Waals surface area (Å²) in [5.41, 5.74) is 15.2. The van der Waals surface area contributed by atoms with Gasteiger partial charge in [0.25, 0.3) is 5.91 Å². The topological polar surface area (TPSA) is 68.8 Å². The van der Waals surface area contributed by atoms with Gasteiger partial charge in [0.2, 0.25) is 0 Å². The van der Waals surface area contributed by atoms with Crippen molar-refractivity contribution >= 4 is 40.1 Å². The number of para-hydroxylation sites is 1. The van der Waals surface area contributed by atoms with Crippen molar-refractivity contribution in [2.75, 3.05) is 35.2 Å². The molecule has 192 valence electrons. The van der Waals surface area contributed by atoms with Crippen LogP contribution in [0.1, 0.15) is 35.3 Å². The number of amides is 1. The number of carbonyl (C=O) groups excluding carboxylic acids is 1. The van der Waals surface area contributed by atoms with E-state index in [2.05, 4.69) is 65.2 Å². The number of benzene rings is 4. The van der Waals surface area contributed by atoms with Crippen LogP contribution in [0.2, 0.25) is 0 Å². The van der Waals surface area contributed by atoms with Gasteiger partial charge in [-0.05, 0) is 98.1 Å². The fourth-order valence-electron chi connectivity index (χ4n) is 4.77. The van der Waals surface area contributed by atoms with Crippen LogP contribution in [-0.4, -0.2) is 25.7 Å². The summed E-state index contributed by atoms with van der Waals surface area (Å²) in [6, 6.07) is 31.9. The second-order valence-electron chi connectivity index (χ2n) is 10.1. The second kappa shape index (κ2) is 10.4. The molecule has 0 saturated heterocycles. The van der Waals surface area contributed by atoms with Gasteiger partial charge in [0.05, 0.1) is 17.1 Å². The number of nitrogens with zero attached hydrogens (tertiary/aromatic N) is 2. The van der Waals surface area contributed by atoms with E-state index in [-0.39, 0.29) is 11.3 Å². The van der Waals surface area contributed by atoms with E-state index >= 15 is 0 Å². The lowest BCUT2D eigenvalue weighted by atomic mass is 9.75. The summed E-state index contributed by atoms with van der Waals surface area (Å²) >= 11 is 0. The molecular weight excluding hydrogens is 470 g/mol. The lowest BCUT2D eigenvalue weighted by Crippen LogP contribution is -2.30. The van der Waals surface area contributed by atoms with Crippen LogP contribution in [0.3, 0.4) is 0 Å². The average molecular weight is 504 g/mol. The maximum absolute atomic E-state index is 12.9. The van der Waals surface area contributed by atoms with Crippen molar-refractivity contribution in [3.63, 3.8) is 0 Å². The van der Waals surface area contributed by atoms with Crippen LogP contribution in [0.5, 0.6) is 0 Å². The molecule has 0 fully saturated rings. The molecule has 6 heteroatoms. The van der Waals surface area contributed by atoms with Crippen LogP contribution >= 0.6 is 0 Å². The minimum absolute atomic E-state index is 0.133. The third-order valence-electron chi connectivity index (χ3n) is 7.24. The second-order valence-corrected chi connectivity index (χ2v) is 10.1. The Kier molecular flexibility index (Phi) is 6.88. The highest BCUT2D eigenvalue weighted by molar-refractivity contribution is 6.04. The first-order valence-electron chi connectivity index (χ1n) is 12.8. The lowest BCUT2D eigenvalue weighted by Gasteiger charge is -2.26. The zero-order chi connectivity index (χ0) is 26.7. The quantitative estimate of drug-likeness (QED) is 0.225. The summed E-state index contributed by atoms with van der Waals surface area (Å²) in [4.78, 5) is 19.7. The van der Waals surface area contributed by atoms with E-state index in [1.54, 1.807) is 0 Å². The molecule has 0 radical (unpaired) electrons. The van der Waals surface area contributed by atoms with Crippen LogP contribution in [0.4, 0.5) is 28.4 Å². The largest absolute Gasteiger partial charge is 0.378 e. The van der Waals surface area contributed by atoms with Gasteiger partial charge in [0, 0.05) is 42.2 Å². The number of carbonyl (C=O) groups is 1. The lowest BCUT2D eigenvalue weighted by molar-refractivity contribution is 0.102. The van der Waals surface area contributed by atoms with Crippen molar-refractivity contribution in [1.82, 2.24) is 0 Å². The Labute approximate surface area is 224 Å².